The lowest BCUT2D eigenvalue weighted by Gasteiger charge is -2.17. The second kappa shape index (κ2) is 9.15. The Morgan fingerprint density at radius 2 is 1.46 bits per heavy atom. The highest BCUT2D eigenvalue weighted by molar-refractivity contribution is 5.93. The van der Waals surface area contributed by atoms with Gasteiger partial charge in [0.1, 0.15) is 0 Å². The van der Waals surface area contributed by atoms with Crippen LogP contribution in [0, 0.1) is 0 Å². The Hall–Kier alpha value is -2.66. The standard InChI is InChI=1S/C21H27N3O2/c1-15(2)18-7-5-17(6-8-18)13-24(4)14-21(26)23-20-11-9-19(10-12-20)22-16(3)25/h5-12,15H,13-14H2,1-4H3,(H,22,25)(H,23,26). The van der Waals surface area contributed by atoms with E-state index in [1.165, 1.54) is 18.1 Å². The molecular weight excluding hydrogens is 326 g/mol. The van der Waals surface area contributed by atoms with Crippen LogP contribution in [0.5, 0.6) is 0 Å². The molecule has 0 radical (unpaired) electrons. The van der Waals surface area contributed by atoms with Crippen LogP contribution in [0.25, 0.3) is 0 Å². The molecule has 0 saturated carbocycles. The van der Waals surface area contributed by atoms with Gasteiger partial charge in [-0.1, -0.05) is 38.1 Å². The average Bonchev–Trinajstić information content (AvgIpc) is 2.56. The van der Waals surface area contributed by atoms with Crippen molar-refractivity contribution in [3.8, 4) is 0 Å². The van der Waals surface area contributed by atoms with Crippen LogP contribution in [0.15, 0.2) is 48.5 Å². The fourth-order valence-electron chi connectivity index (χ4n) is 2.66. The summed E-state index contributed by atoms with van der Waals surface area (Å²) in [6.45, 7) is 6.83. The molecule has 0 heterocycles. The average molecular weight is 353 g/mol. The van der Waals surface area contributed by atoms with Crippen LogP contribution in [0.3, 0.4) is 0 Å². The number of anilines is 2. The molecular formula is C21H27N3O2. The van der Waals surface area contributed by atoms with Crippen LogP contribution in [0.4, 0.5) is 11.4 Å². The van der Waals surface area contributed by atoms with E-state index in [1.807, 2.05) is 11.9 Å². The lowest BCUT2D eigenvalue weighted by atomic mass is 10.0. The molecule has 0 unspecified atom stereocenters. The second-order valence-corrected chi connectivity index (χ2v) is 6.88. The Balaban J connectivity index is 1.83. The van der Waals surface area contributed by atoms with Gasteiger partial charge in [0.25, 0.3) is 0 Å². The topological polar surface area (TPSA) is 61.4 Å². The summed E-state index contributed by atoms with van der Waals surface area (Å²) in [5, 5.41) is 5.57. The molecule has 0 bridgehead atoms. The first kappa shape index (κ1) is 19.7. The quantitative estimate of drug-likeness (QED) is 0.795. The Kier molecular flexibility index (Phi) is 6.92. The number of benzene rings is 2. The summed E-state index contributed by atoms with van der Waals surface area (Å²) in [7, 11) is 1.93. The number of carbonyl (C=O) groups is 2. The molecule has 0 aliphatic rings. The molecule has 2 aromatic carbocycles. The third-order valence-corrected chi connectivity index (χ3v) is 4.00. The molecule has 0 saturated heterocycles. The third-order valence-electron chi connectivity index (χ3n) is 4.00. The van der Waals surface area contributed by atoms with E-state index in [4.69, 9.17) is 0 Å². The second-order valence-electron chi connectivity index (χ2n) is 6.88. The normalized spacial score (nSPS) is 10.8. The van der Waals surface area contributed by atoms with Gasteiger partial charge in [0, 0.05) is 24.8 Å². The molecule has 26 heavy (non-hydrogen) atoms. The molecule has 138 valence electrons. The highest BCUT2D eigenvalue weighted by Gasteiger charge is 2.08. The van der Waals surface area contributed by atoms with Gasteiger partial charge in [-0.2, -0.15) is 0 Å². The number of rotatable bonds is 7. The van der Waals surface area contributed by atoms with Crippen LogP contribution < -0.4 is 10.6 Å². The maximum Gasteiger partial charge on any atom is 0.238 e. The largest absolute Gasteiger partial charge is 0.326 e. The van der Waals surface area contributed by atoms with Gasteiger partial charge in [0.15, 0.2) is 0 Å². The van der Waals surface area contributed by atoms with Gasteiger partial charge < -0.3 is 10.6 Å². The molecule has 5 nitrogen and oxygen atoms in total. The number of hydrogen-bond donors (Lipinski definition) is 2. The van der Waals surface area contributed by atoms with Gasteiger partial charge >= 0.3 is 0 Å². The Morgan fingerprint density at radius 3 is 1.96 bits per heavy atom. The van der Waals surface area contributed by atoms with Crippen molar-refractivity contribution in [3.63, 3.8) is 0 Å². The van der Waals surface area contributed by atoms with Crippen molar-refractivity contribution in [2.45, 2.75) is 33.2 Å². The van der Waals surface area contributed by atoms with E-state index >= 15 is 0 Å². The number of likely N-dealkylation sites (N-methyl/N-ethyl adjacent to an activating group) is 1. The van der Waals surface area contributed by atoms with Crippen LogP contribution in [-0.4, -0.2) is 30.3 Å². The predicted octanol–water partition coefficient (Wildman–Crippen LogP) is 3.84. The summed E-state index contributed by atoms with van der Waals surface area (Å²) < 4.78 is 0. The number of nitrogens with one attached hydrogen (secondary N) is 2. The first-order valence-corrected chi connectivity index (χ1v) is 8.78. The smallest absolute Gasteiger partial charge is 0.238 e. The van der Waals surface area contributed by atoms with Crippen molar-refractivity contribution < 1.29 is 9.59 Å². The first-order valence-electron chi connectivity index (χ1n) is 8.78. The van der Waals surface area contributed by atoms with E-state index in [0.29, 0.717) is 30.4 Å². The molecule has 2 N–H and O–H groups in total. The first-order chi connectivity index (χ1) is 12.3. The molecule has 0 fully saturated rings. The van der Waals surface area contributed by atoms with Crippen LogP contribution in [-0.2, 0) is 16.1 Å². The maximum absolute atomic E-state index is 12.2. The van der Waals surface area contributed by atoms with Gasteiger partial charge in [-0.05, 0) is 48.4 Å². The monoisotopic (exact) mass is 353 g/mol. The number of amides is 2. The molecule has 5 heteroatoms. The van der Waals surface area contributed by atoms with Crippen molar-refractivity contribution in [2.75, 3.05) is 24.2 Å². The summed E-state index contributed by atoms with van der Waals surface area (Å²) in [6, 6.07) is 15.6. The minimum absolute atomic E-state index is 0.0708. The summed E-state index contributed by atoms with van der Waals surface area (Å²) in [4.78, 5) is 25.2. The number of nitrogens with zero attached hydrogens (tertiary/aromatic N) is 1. The minimum atomic E-state index is -0.121. The maximum atomic E-state index is 12.2. The van der Waals surface area contributed by atoms with Gasteiger partial charge in [-0.3, -0.25) is 14.5 Å². The van der Waals surface area contributed by atoms with Gasteiger partial charge in [-0.15, -0.1) is 0 Å². The van der Waals surface area contributed by atoms with E-state index in [2.05, 4.69) is 48.7 Å². The molecule has 0 aliphatic carbocycles. The molecule has 0 atom stereocenters. The Morgan fingerprint density at radius 1 is 0.923 bits per heavy atom. The zero-order valence-corrected chi connectivity index (χ0v) is 15.9. The van der Waals surface area contributed by atoms with Gasteiger partial charge in [0.05, 0.1) is 6.54 Å². The molecule has 0 aromatic heterocycles. The zero-order valence-electron chi connectivity index (χ0n) is 15.9. The summed E-state index contributed by atoms with van der Waals surface area (Å²) in [6.07, 6.45) is 0. The van der Waals surface area contributed by atoms with E-state index in [9.17, 15) is 9.59 Å². The van der Waals surface area contributed by atoms with E-state index < -0.39 is 0 Å². The Bertz CT molecular complexity index is 737. The van der Waals surface area contributed by atoms with Crippen LogP contribution in [0.1, 0.15) is 37.8 Å². The number of hydrogen-bond acceptors (Lipinski definition) is 3. The van der Waals surface area contributed by atoms with Crippen LogP contribution in [0.2, 0.25) is 0 Å². The fourth-order valence-corrected chi connectivity index (χ4v) is 2.66. The molecule has 2 aromatic rings. The van der Waals surface area contributed by atoms with E-state index in [0.717, 1.165) is 0 Å². The van der Waals surface area contributed by atoms with Gasteiger partial charge in [-0.25, -0.2) is 0 Å². The van der Waals surface area contributed by atoms with Crippen molar-refractivity contribution in [2.24, 2.45) is 0 Å². The highest BCUT2D eigenvalue weighted by atomic mass is 16.2. The molecule has 0 aliphatic heterocycles. The minimum Gasteiger partial charge on any atom is -0.326 e. The summed E-state index contributed by atoms with van der Waals surface area (Å²) in [5.74, 6) is 0.327. The van der Waals surface area contributed by atoms with E-state index in [-0.39, 0.29) is 11.8 Å². The third kappa shape index (κ3) is 6.33. The SMILES string of the molecule is CC(=O)Nc1ccc(NC(=O)CN(C)Cc2ccc(C(C)C)cc2)cc1. The number of carbonyl (C=O) groups excluding carboxylic acids is 2. The van der Waals surface area contributed by atoms with Crippen LogP contribution >= 0.6 is 0 Å². The van der Waals surface area contributed by atoms with Crippen molar-refractivity contribution in [1.29, 1.82) is 0 Å². The van der Waals surface area contributed by atoms with Crippen molar-refractivity contribution >= 4 is 23.2 Å². The lowest BCUT2D eigenvalue weighted by Crippen LogP contribution is -2.29. The molecule has 2 amide bonds. The molecule has 0 spiro atoms. The molecule has 2 rings (SSSR count). The highest BCUT2D eigenvalue weighted by Crippen LogP contribution is 2.16. The van der Waals surface area contributed by atoms with E-state index in [1.54, 1.807) is 24.3 Å². The zero-order chi connectivity index (χ0) is 19.1. The van der Waals surface area contributed by atoms with Gasteiger partial charge in [0.2, 0.25) is 11.8 Å². The fraction of sp³-hybridized carbons (Fsp3) is 0.333. The lowest BCUT2D eigenvalue weighted by molar-refractivity contribution is -0.117. The summed E-state index contributed by atoms with van der Waals surface area (Å²) >= 11 is 0. The predicted molar refractivity (Wildman–Crippen MR) is 106 cm³/mol. The van der Waals surface area contributed by atoms with Crippen molar-refractivity contribution in [1.82, 2.24) is 4.90 Å². The Labute approximate surface area is 155 Å². The van der Waals surface area contributed by atoms with Crippen molar-refractivity contribution in [3.05, 3.63) is 59.7 Å². The summed E-state index contributed by atoms with van der Waals surface area (Å²) in [5.41, 5.74) is 3.91.